The quantitative estimate of drug-likeness (QED) is 0.589. The number of rotatable bonds is 1. The van der Waals surface area contributed by atoms with E-state index in [4.69, 9.17) is 0 Å². The maximum atomic E-state index is 11.7. The first-order chi connectivity index (χ1) is 8.27. The first-order valence-corrected chi connectivity index (χ1v) is 6.09. The van der Waals surface area contributed by atoms with Gasteiger partial charge in [-0.1, -0.05) is 30.0 Å². The summed E-state index contributed by atoms with van der Waals surface area (Å²) in [6.07, 6.45) is 3.05. The standard InChI is InChI=1S/C13H9IN2O/c14-12-9-15-10-16(13(12)17)8-4-7-11-5-2-1-3-6-11/h1-3,5-6,9-10H,8H2. The maximum Gasteiger partial charge on any atom is 0.267 e. The van der Waals surface area contributed by atoms with E-state index < -0.39 is 0 Å². The van der Waals surface area contributed by atoms with Gasteiger partial charge in [-0.25, -0.2) is 4.98 Å². The molecule has 4 heteroatoms. The minimum absolute atomic E-state index is 0.0528. The number of halogens is 1. The lowest BCUT2D eigenvalue weighted by molar-refractivity contribution is 0.761. The zero-order chi connectivity index (χ0) is 12.1. The highest BCUT2D eigenvalue weighted by Gasteiger charge is 1.97. The van der Waals surface area contributed by atoms with Gasteiger partial charge in [0, 0.05) is 11.8 Å². The molecule has 0 saturated heterocycles. The van der Waals surface area contributed by atoms with Gasteiger partial charge in [0.1, 0.15) is 0 Å². The van der Waals surface area contributed by atoms with Crippen molar-refractivity contribution in [3.05, 3.63) is 62.3 Å². The molecule has 0 radical (unpaired) electrons. The van der Waals surface area contributed by atoms with Gasteiger partial charge in [-0.3, -0.25) is 9.36 Å². The Morgan fingerprint density at radius 3 is 2.82 bits per heavy atom. The highest BCUT2D eigenvalue weighted by molar-refractivity contribution is 14.1. The molecule has 0 fully saturated rings. The van der Waals surface area contributed by atoms with Crippen molar-refractivity contribution in [2.24, 2.45) is 0 Å². The monoisotopic (exact) mass is 336 g/mol. The number of hydrogen-bond acceptors (Lipinski definition) is 2. The number of aromatic nitrogens is 2. The largest absolute Gasteiger partial charge is 0.287 e. The summed E-state index contributed by atoms with van der Waals surface area (Å²) < 4.78 is 2.10. The van der Waals surface area contributed by atoms with Crippen LogP contribution in [0.2, 0.25) is 0 Å². The van der Waals surface area contributed by atoms with Crippen LogP contribution in [0.25, 0.3) is 0 Å². The van der Waals surface area contributed by atoms with Gasteiger partial charge in [-0.2, -0.15) is 0 Å². The molecule has 0 amide bonds. The van der Waals surface area contributed by atoms with Gasteiger partial charge in [-0.05, 0) is 34.7 Å². The molecule has 0 aliphatic rings. The normalized spacial score (nSPS) is 9.47. The van der Waals surface area contributed by atoms with E-state index in [9.17, 15) is 4.79 Å². The first kappa shape index (κ1) is 11.9. The minimum Gasteiger partial charge on any atom is -0.287 e. The molecule has 0 aliphatic heterocycles. The molecule has 0 aliphatic carbocycles. The Bertz CT molecular complexity index is 623. The molecule has 84 valence electrons. The lowest BCUT2D eigenvalue weighted by Gasteiger charge is -1.98. The summed E-state index contributed by atoms with van der Waals surface area (Å²) in [4.78, 5) is 15.6. The van der Waals surface area contributed by atoms with Crippen LogP contribution >= 0.6 is 22.6 Å². The Morgan fingerprint density at radius 2 is 2.06 bits per heavy atom. The summed E-state index contributed by atoms with van der Waals surface area (Å²) in [7, 11) is 0. The van der Waals surface area contributed by atoms with Crippen molar-refractivity contribution in [2.45, 2.75) is 6.54 Å². The smallest absolute Gasteiger partial charge is 0.267 e. The van der Waals surface area contributed by atoms with Crippen LogP contribution in [0.1, 0.15) is 5.56 Å². The zero-order valence-corrected chi connectivity index (χ0v) is 11.1. The van der Waals surface area contributed by atoms with Crippen LogP contribution in [0.15, 0.2) is 47.7 Å². The van der Waals surface area contributed by atoms with E-state index in [1.165, 1.54) is 10.9 Å². The van der Waals surface area contributed by atoms with E-state index >= 15 is 0 Å². The molecule has 0 bridgehead atoms. The van der Waals surface area contributed by atoms with Crippen LogP contribution in [-0.2, 0) is 6.54 Å². The summed E-state index contributed by atoms with van der Waals surface area (Å²) in [6.45, 7) is 0.359. The third-order valence-corrected chi connectivity index (χ3v) is 2.85. The number of hydrogen-bond donors (Lipinski definition) is 0. The van der Waals surface area contributed by atoms with Crippen molar-refractivity contribution in [1.29, 1.82) is 0 Å². The summed E-state index contributed by atoms with van der Waals surface area (Å²) in [6, 6.07) is 9.68. The van der Waals surface area contributed by atoms with Crippen molar-refractivity contribution in [2.75, 3.05) is 0 Å². The molecule has 0 saturated carbocycles. The Hall–Kier alpha value is -1.61. The molecule has 3 nitrogen and oxygen atoms in total. The Balaban J connectivity index is 2.16. The fourth-order valence-corrected chi connectivity index (χ4v) is 1.76. The van der Waals surface area contributed by atoms with Crippen LogP contribution in [0.4, 0.5) is 0 Å². The highest BCUT2D eigenvalue weighted by Crippen LogP contribution is 1.95. The lowest BCUT2D eigenvalue weighted by atomic mass is 10.2. The fraction of sp³-hybridized carbons (Fsp3) is 0.0769. The van der Waals surface area contributed by atoms with E-state index in [-0.39, 0.29) is 5.56 Å². The molecule has 1 aromatic heterocycles. The second-order valence-electron chi connectivity index (χ2n) is 3.34. The third kappa shape index (κ3) is 3.17. The topological polar surface area (TPSA) is 34.9 Å². The number of benzene rings is 1. The fourth-order valence-electron chi connectivity index (χ4n) is 1.28. The van der Waals surface area contributed by atoms with Gasteiger partial charge in [0.05, 0.1) is 16.4 Å². The molecule has 0 spiro atoms. The summed E-state index contributed by atoms with van der Waals surface area (Å²) in [5.41, 5.74) is 0.891. The Labute approximate surface area is 113 Å². The van der Waals surface area contributed by atoms with E-state index in [0.717, 1.165) is 5.56 Å². The molecule has 2 aromatic rings. The van der Waals surface area contributed by atoms with E-state index in [1.807, 2.05) is 52.9 Å². The predicted molar refractivity (Wildman–Crippen MR) is 74.5 cm³/mol. The van der Waals surface area contributed by atoms with Crippen LogP contribution < -0.4 is 5.56 Å². The molecule has 0 atom stereocenters. The zero-order valence-electron chi connectivity index (χ0n) is 8.93. The second-order valence-corrected chi connectivity index (χ2v) is 4.50. The van der Waals surface area contributed by atoms with Gasteiger partial charge >= 0.3 is 0 Å². The van der Waals surface area contributed by atoms with E-state index in [2.05, 4.69) is 16.8 Å². The van der Waals surface area contributed by atoms with Gasteiger partial charge in [0.2, 0.25) is 0 Å². The molecule has 0 unspecified atom stereocenters. The lowest BCUT2D eigenvalue weighted by Crippen LogP contribution is -2.21. The van der Waals surface area contributed by atoms with Crippen molar-refractivity contribution < 1.29 is 0 Å². The molecule has 0 N–H and O–H groups in total. The molecule has 1 aromatic carbocycles. The minimum atomic E-state index is -0.0528. The average Bonchev–Trinajstić information content (AvgIpc) is 2.36. The van der Waals surface area contributed by atoms with Crippen molar-refractivity contribution >= 4 is 22.6 Å². The van der Waals surface area contributed by atoms with Crippen LogP contribution in [0.5, 0.6) is 0 Å². The van der Waals surface area contributed by atoms with Gasteiger partial charge < -0.3 is 0 Å². The SMILES string of the molecule is O=c1c(I)cncn1CC#Cc1ccccc1. The molecule has 1 heterocycles. The van der Waals surface area contributed by atoms with E-state index in [1.54, 1.807) is 6.20 Å². The van der Waals surface area contributed by atoms with Crippen molar-refractivity contribution in [1.82, 2.24) is 9.55 Å². The molecule has 2 rings (SSSR count). The Kier molecular flexibility index (Phi) is 3.94. The Morgan fingerprint density at radius 1 is 1.29 bits per heavy atom. The number of nitrogens with zero attached hydrogens (tertiary/aromatic N) is 2. The first-order valence-electron chi connectivity index (χ1n) is 5.01. The third-order valence-electron chi connectivity index (χ3n) is 2.12. The maximum absolute atomic E-state index is 11.7. The summed E-state index contributed by atoms with van der Waals surface area (Å²) >= 11 is 1.97. The van der Waals surface area contributed by atoms with Gasteiger partial charge in [-0.15, -0.1) is 0 Å². The molecular weight excluding hydrogens is 327 g/mol. The average molecular weight is 336 g/mol. The molecular formula is C13H9IN2O. The van der Waals surface area contributed by atoms with Crippen LogP contribution in [-0.4, -0.2) is 9.55 Å². The van der Waals surface area contributed by atoms with Crippen LogP contribution in [0.3, 0.4) is 0 Å². The van der Waals surface area contributed by atoms with Crippen molar-refractivity contribution in [3.63, 3.8) is 0 Å². The summed E-state index contributed by atoms with van der Waals surface area (Å²) in [5, 5.41) is 0. The van der Waals surface area contributed by atoms with Crippen LogP contribution in [0, 0.1) is 15.4 Å². The van der Waals surface area contributed by atoms with Gasteiger partial charge in [0.25, 0.3) is 5.56 Å². The van der Waals surface area contributed by atoms with Crippen molar-refractivity contribution in [3.8, 4) is 11.8 Å². The summed E-state index contributed by atoms with van der Waals surface area (Å²) in [5.74, 6) is 5.96. The molecule has 17 heavy (non-hydrogen) atoms. The van der Waals surface area contributed by atoms with Gasteiger partial charge in [0.15, 0.2) is 0 Å². The second kappa shape index (κ2) is 5.64. The van der Waals surface area contributed by atoms with E-state index in [0.29, 0.717) is 10.1 Å². The predicted octanol–water partition coefficient (Wildman–Crippen LogP) is 1.90. The highest BCUT2D eigenvalue weighted by atomic mass is 127.